The second kappa shape index (κ2) is 5.69. The Labute approximate surface area is 108 Å². The number of carbonyl (C=O) groups is 2. The zero-order valence-electron chi connectivity index (χ0n) is 11.3. The summed E-state index contributed by atoms with van der Waals surface area (Å²) < 4.78 is 0. The fourth-order valence-electron chi connectivity index (χ4n) is 2.97. The molecule has 0 saturated carbocycles. The summed E-state index contributed by atoms with van der Waals surface area (Å²) in [6.07, 6.45) is 1.14. The maximum atomic E-state index is 12.2. The molecule has 2 saturated heterocycles. The number of likely N-dealkylation sites (tertiary alicyclic amines) is 1. The van der Waals surface area contributed by atoms with Crippen molar-refractivity contribution in [2.75, 3.05) is 39.3 Å². The Morgan fingerprint density at radius 1 is 0.944 bits per heavy atom. The number of carbonyl (C=O) groups excluding carboxylic acids is 2. The first-order valence-corrected chi connectivity index (χ1v) is 6.87. The fourth-order valence-corrected chi connectivity index (χ4v) is 2.97. The van der Waals surface area contributed by atoms with Crippen molar-refractivity contribution in [3.63, 3.8) is 0 Å². The Balaban J connectivity index is 1.95. The van der Waals surface area contributed by atoms with Gasteiger partial charge in [-0.25, -0.2) is 0 Å². The lowest BCUT2D eigenvalue weighted by Gasteiger charge is -2.36. The van der Waals surface area contributed by atoms with Crippen LogP contribution < -0.4 is 5.32 Å². The normalized spacial score (nSPS) is 29.2. The van der Waals surface area contributed by atoms with Crippen LogP contribution in [-0.4, -0.2) is 60.9 Å². The van der Waals surface area contributed by atoms with Gasteiger partial charge < -0.3 is 15.1 Å². The number of hydrogen-bond acceptors (Lipinski definition) is 3. The number of nitrogens with zero attached hydrogens (tertiary/aromatic N) is 2. The van der Waals surface area contributed by atoms with Crippen molar-refractivity contribution in [1.82, 2.24) is 15.1 Å². The summed E-state index contributed by atoms with van der Waals surface area (Å²) in [7, 11) is 0. The van der Waals surface area contributed by atoms with Gasteiger partial charge in [-0.3, -0.25) is 9.59 Å². The van der Waals surface area contributed by atoms with E-state index in [1.165, 1.54) is 0 Å². The molecular weight excluding hydrogens is 230 g/mol. The summed E-state index contributed by atoms with van der Waals surface area (Å²) in [5.74, 6) is 0.357. The molecule has 2 aliphatic heterocycles. The molecule has 102 valence electrons. The minimum absolute atomic E-state index is 0.310. The van der Waals surface area contributed by atoms with Crippen LogP contribution in [-0.2, 0) is 9.59 Å². The zero-order valence-corrected chi connectivity index (χ0v) is 11.3. The SMILES string of the molecule is CC1CC(C)CN(C(=O)C(=O)N2CCNCC2)C1. The maximum absolute atomic E-state index is 12.2. The van der Waals surface area contributed by atoms with Gasteiger partial charge in [-0.2, -0.15) is 0 Å². The first-order valence-electron chi connectivity index (χ1n) is 6.87. The van der Waals surface area contributed by atoms with Gasteiger partial charge in [0.05, 0.1) is 0 Å². The molecule has 0 aromatic carbocycles. The average molecular weight is 253 g/mol. The van der Waals surface area contributed by atoms with E-state index < -0.39 is 0 Å². The van der Waals surface area contributed by atoms with Crippen molar-refractivity contribution >= 4 is 11.8 Å². The van der Waals surface area contributed by atoms with Crippen molar-refractivity contribution in [2.24, 2.45) is 11.8 Å². The summed E-state index contributed by atoms with van der Waals surface area (Å²) in [5, 5.41) is 3.18. The number of piperidine rings is 1. The average Bonchev–Trinajstić information content (AvgIpc) is 2.37. The van der Waals surface area contributed by atoms with Crippen molar-refractivity contribution in [2.45, 2.75) is 20.3 Å². The topological polar surface area (TPSA) is 52.7 Å². The first-order chi connectivity index (χ1) is 8.58. The molecule has 2 fully saturated rings. The lowest BCUT2D eigenvalue weighted by molar-refractivity contribution is -0.153. The lowest BCUT2D eigenvalue weighted by Crippen LogP contribution is -2.54. The van der Waals surface area contributed by atoms with Crippen molar-refractivity contribution in [3.05, 3.63) is 0 Å². The third-order valence-electron chi connectivity index (χ3n) is 3.74. The van der Waals surface area contributed by atoms with Crippen LogP contribution in [0.25, 0.3) is 0 Å². The summed E-state index contributed by atoms with van der Waals surface area (Å²) in [6, 6.07) is 0. The van der Waals surface area contributed by atoms with Gasteiger partial charge >= 0.3 is 11.8 Å². The maximum Gasteiger partial charge on any atom is 0.312 e. The summed E-state index contributed by atoms with van der Waals surface area (Å²) in [4.78, 5) is 27.7. The largest absolute Gasteiger partial charge is 0.334 e. The van der Waals surface area contributed by atoms with Crippen LogP contribution in [0.1, 0.15) is 20.3 Å². The Morgan fingerprint density at radius 2 is 1.44 bits per heavy atom. The van der Waals surface area contributed by atoms with E-state index in [2.05, 4.69) is 19.2 Å². The number of rotatable bonds is 0. The fraction of sp³-hybridized carbons (Fsp3) is 0.846. The number of nitrogens with one attached hydrogen (secondary N) is 1. The van der Waals surface area contributed by atoms with Gasteiger partial charge in [-0.15, -0.1) is 0 Å². The van der Waals surface area contributed by atoms with E-state index in [9.17, 15) is 9.59 Å². The van der Waals surface area contributed by atoms with Crippen LogP contribution in [0, 0.1) is 11.8 Å². The highest BCUT2D eigenvalue weighted by atomic mass is 16.2. The van der Waals surface area contributed by atoms with Crippen LogP contribution in [0.15, 0.2) is 0 Å². The molecule has 5 nitrogen and oxygen atoms in total. The number of hydrogen-bond donors (Lipinski definition) is 1. The zero-order chi connectivity index (χ0) is 13.1. The molecule has 2 unspecified atom stereocenters. The van der Waals surface area contributed by atoms with Gasteiger partial charge in [-0.05, 0) is 18.3 Å². The van der Waals surface area contributed by atoms with E-state index in [-0.39, 0.29) is 11.8 Å². The molecule has 2 rings (SSSR count). The van der Waals surface area contributed by atoms with E-state index in [1.807, 2.05) is 0 Å². The van der Waals surface area contributed by atoms with Crippen LogP contribution in [0.4, 0.5) is 0 Å². The highest BCUT2D eigenvalue weighted by Gasteiger charge is 2.32. The number of piperazine rings is 1. The predicted octanol–water partition coefficient (Wildman–Crippen LogP) is -0.0773. The molecule has 5 heteroatoms. The molecule has 0 aliphatic carbocycles. The molecule has 0 radical (unpaired) electrons. The van der Waals surface area contributed by atoms with Crippen LogP contribution in [0.5, 0.6) is 0 Å². The van der Waals surface area contributed by atoms with Gasteiger partial charge in [-0.1, -0.05) is 13.8 Å². The molecule has 2 heterocycles. The molecule has 18 heavy (non-hydrogen) atoms. The molecule has 2 atom stereocenters. The van der Waals surface area contributed by atoms with E-state index in [0.717, 1.165) is 32.6 Å². The van der Waals surface area contributed by atoms with Gasteiger partial charge in [0.25, 0.3) is 0 Å². The molecular formula is C13H23N3O2. The van der Waals surface area contributed by atoms with E-state index in [1.54, 1.807) is 9.80 Å². The highest BCUT2D eigenvalue weighted by molar-refractivity contribution is 6.34. The first kappa shape index (κ1) is 13.3. The van der Waals surface area contributed by atoms with Gasteiger partial charge in [0.1, 0.15) is 0 Å². The third-order valence-corrected chi connectivity index (χ3v) is 3.74. The monoisotopic (exact) mass is 253 g/mol. The third kappa shape index (κ3) is 3.02. The smallest absolute Gasteiger partial charge is 0.312 e. The summed E-state index contributed by atoms with van der Waals surface area (Å²) >= 11 is 0. The summed E-state index contributed by atoms with van der Waals surface area (Å²) in [5.41, 5.74) is 0. The van der Waals surface area contributed by atoms with Crippen molar-refractivity contribution < 1.29 is 9.59 Å². The van der Waals surface area contributed by atoms with E-state index in [0.29, 0.717) is 24.9 Å². The Morgan fingerprint density at radius 3 is 2.00 bits per heavy atom. The quantitative estimate of drug-likeness (QED) is 0.615. The molecule has 2 amide bonds. The van der Waals surface area contributed by atoms with Gasteiger partial charge in [0, 0.05) is 39.3 Å². The number of amides is 2. The second-order valence-corrected chi connectivity index (χ2v) is 5.70. The Bertz CT molecular complexity index is 316. The van der Waals surface area contributed by atoms with E-state index in [4.69, 9.17) is 0 Å². The summed E-state index contributed by atoms with van der Waals surface area (Å²) in [6.45, 7) is 8.59. The van der Waals surface area contributed by atoms with E-state index >= 15 is 0 Å². The van der Waals surface area contributed by atoms with Gasteiger partial charge in [0.15, 0.2) is 0 Å². The molecule has 1 N–H and O–H groups in total. The molecule has 2 aliphatic rings. The predicted molar refractivity (Wildman–Crippen MR) is 69.0 cm³/mol. The molecule has 0 bridgehead atoms. The van der Waals surface area contributed by atoms with Crippen LogP contribution in [0.2, 0.25) is 0 Å². The Hall–Kier alpha value is -1.10. The highest BCUT2D eigenvalue weighted by Crippen LogP contribution is 2.21. The van der Waals surface area contributed by atoms with Crippen LogP contribution >= 0.6 is 0 Å². The van der Waals surface area contributed by atoms with Crippen molar-refractivity contribution in [1.29, 1.82) is 0 Å². The minimum Gasteiger partial charge on any atom is -0.334 e. The molecule has 0 aromatic rings. The Kier molecular flexibility index (Phi) is 4.22. The van der Waals surface area contributed by atoms with Crippen molar-refractivity contribution in [3.8, 4) is 0 Å². The minimum atomic E-state index is -0.321. The standard InChI is InChI=1S/C13H23N3O2/c1-10-7-11(2)9-16(8-10)13(18)12(17)15-5-3-14-4-6-15/h10-11,14H,3-9H2,1-2H3. The van der Waals surface area contributed by atoms with Crippen LogP contribution in [0.3, 0.4) is 0 Å². The van der Waals surface area contributed by atoms with Gasteiger partial charge in [0.2, 0.25) is 0 Å². The molecule has 0 aromatic heterocycles. The second-order valence-electron chi connectivity index (χ2n) is 5.70. The lowest BCUT2D eigenvalue weighted by atomic mass is 9.92. The molecule has 0 spiro atoms.